The monoisotopic (exact) mass is 251 g/mol. The molecule has 2 rings (SSSR count). The Balaban J connectivity index is 2.48. The van der Waals surface area contributed by atoms with Crippen molar-refractivity contribution in [3.63, 3.8) is 0 Å². The van der Waals surface area contributed by atoms with E-state index in [9.17, 15) is 0 Å². The third-order valence-electron chi connectivity index (χ3n) is 1.58. The first-order valence-electron chi connectivity index (χ1n) is 3.82. The number of anilines is 1. The Morgan fingerprint density at radius 1 is 1.29 bits per heavy atom. The van der Waals surface area contributed by atoms with E-state index in [0.717, 1.165) is 0 Å². The number of rotatable bonds is 1. The molecular formula is C8H6BrN5. The van der Waals surface area contributed by atoms with Crippen molar-refractivity contribution in [1.82, 2.24) is 19.9 Å². The molecule has 2 heterocycles. The summed E-state index contributed by atoms with van der Waals surface area (Å²) in [4.78, 5) is 16.0. The molecule has 0 spiro atoms. The van der Waals surface area contributed by atoms with Crippen molar-refractivity contribution in [3.05, 3.63) is 29.3 Å². The summed E-state index contributed by atoms with van der Waals surface area (Å²) in [5.74, 6) is 0.890. The summed E-state index contributed by atoms with van der Waals surface area (Å²) in [6.45, 7) is 0. The Hall–Kier alpha value is -1.56. The Kier molecular flexibility index (Phi) is 2.36. The van der Waals surface area contributed by atoms with Gasteiger partial charge in [-0.25, -0.2) is 19.9 Å². The topological polar surface area (TPSA) is 77.6 Å². The van der Waals surface area contributed by atoms with Gasteiger partial charge in [0, 0.05) is 12.4 Å². The number of halogens is 1. The molecule has 5 nitrogen and oxygen atoms in total. The lowest BCUT2D eigenvalue weighted by molar-refractivity contribution is 1.10. The maximum absolute atomic E-state index is 5.62. The van der Waals surface area contributed by atoms with Crippen molar-refractivity contribution in [2.75, 3.05) is 5.73 Å². The van der Waals surface area contributed by atoms with Gasteiger partial charge in [0.15, 0.2) is 5.82 Å². The lowest BCUT2D eigenvalue weighted by Gasteiger charge is -2.00. The van der Waals surface area contributed by atoms with Crippen molar-refractivity contribution in [2.45, 2.75) is 0 Å². The quantitative estimate of drug-likeness (QED) is 0.827. The molecule has 0 aliphatic carbocycles. The highest BCUT2D eigenvalue weighted by molar-refractivity contribution is 9.10. The average Bonchev–Trinajstić information content (AvgIpc) is 2.23. The number of nitrogen functional groups attached to an aromatic ring is 1. The zero-order valence-electron chi connectivity index (χ0n) is 7.05. The molecule has 0 amide bonds. The number of hydrogen-bond donors (Lipinski definition) is 1. The van der Waals surface area contributed by atoms with Crippen LogP contribution in [0.1, 0.15) is 0 Å². The lowest BCUT2D eigenvalue weighted by Crippen LogP contribution is -1.97. The first kappa shape index (κ1) is 9.01. The van der Waals surface area contributed by atoms with E-state index in [4.69, 9.17) is 5.73 Å². The molecule has 0 saturated carbocycles. The van der Waals surface area contributed by atoms with Crippen LogP contribution in [0.3, 0.4) is 0 Å². The molecule has 0 aromatic carbocycles. The smallest absolute Gasteiger partial charge is 0.180 e. The highest BCUT2D eigenvalue weighted by atomic mass is 79.9. The van der Waals surface area contributed by atoms with Gasteiger partial charge in [0.1, 0.15) is 17.8 Å². The van der Waals surface area contributed by atoms with Gasteiger partial charge >= 0.3 is 0 Å². The highest BCUT2D eigenvalue weighted by Crippen LogP contribution is 2.18. The van der Waals surface area contributed by atoms with Gasteiger partial charge in [0.05, 0.1) is 4.47 Å². The van der Waals surface area contributed by atoms with Crippen LogP contribution in [0.4, 0.5) is 5.82 Å². The Morgan fingerprint density at radius 2 is 2.14 bits per heavy atom. The third-order valence-corrected chi connectivity index (χ3v) is 2.19. The van der Waals surface area contributed by atoms with Crippen LogP contribution >= 0.6 is 15.9 Å². The van der Waals surface area contributed by atoms with Crippen molar-refractivity contribution in [1.29, 1.82) is 0 Å². The highest BCUT2D eigenvalue weighted by Gasteiger charge is 2.04. The second-order valence-electron chi connectivity index (χ2n) is 2.52. The van der Waals surface area contributed by atoms with Crippen LogP contribution < -0.4 is 5.73 Å². The van der Waals surface area contributed by atoms with E-state index in [1.54, 1.807) is 18.5 Å². The van der Waals surface area contributed by atoms with Gasteiger partial charge in [-0.3, -0.25) is 0 Å². The van der Waals surface area contributed by atoms with E-state index in [0.29, 0.717) is 21.8 Å². The predicted octanol–water partition coefficient (Wildman–Crippen LogP) is 1.28. The van der Waals surface area contributed by atoms with Crippen LogP contribution in [0.5, 0.6) is 0 Å². The molecule has 0 fully saturated rings. The Morgan fingerprint density at radius 3 is 2.79 bits per heavy atom. The van der Waals surface area contributed by atoms with E-state index in [-0.39, 0.29) is 0 Å². The molecule has 2 aromatic heterocycles. The van der Waals surface area contributed by atoms with Crippen LogP contribution in [0, 0.1) is 0 Å². The number of nitrogens with zero attached hydrogens (tertiary/aromatic N) is 4. The summed E-state index contributed by atoms with van der Waals surface area (Å²) in [7, 11) is 0. The van der Waals surface area contributed by atoms with E-state index >= 15 is 0 Å². The van der Waals surface area contributed by atoms with Crippen molar-refractivity contribution >= 4 is 21.7 Å². The van der Waals surface area contributed by atoms with Gasteiger partial charge < -0.3 is 5.73 Å². The van der Waals surface area contributed by atoms with Gasteiger partial charge in [-0.05, 0) is 22.0 Å². The molecule has 0 unspecified atom stereocenters. The molecule has 0 aliphatic rings. The molecule has 2 aromatic rings. The van der Waals surface area contributed by atoms with Crippen molar-refractivity contribution < 1.29 is 0 Å². The van der Waals surface area contributed by atoms with Crippen LogP contribution in [-0.4, -0.2) is 19.9 Å². The van der Waals surface area contributed by atoms with Gasteiger partial charge in [0.25, 0.3) is 0 Å². The molecule has 0 bridgehead atoms. The van der Waals surface area contributed by atoms with E-state index < -0.39 is 0 Å². The molecule has 0 radical (unpaired) electrons. The van der Waals surface area contributed by atoms with Crippen LogP contribution in [-0.2, 0) is 0 Å². The molecule has 0 atom stereocenters. The van der Waals surface area contributed by atoms with Crippen molar-refractivity contribution in [3.8, 4) is 11.5 Å². The minimum Gasteiger partial charge on any atom is -0.383 e. The van der Waals surface area contributed by atoms with Gasteiger partial charge in [0.2, 0.25) is 0 Å². The van der Waals surface area contributed by atoms with Crippen LogP contribution in [0.15, 0.2) is 29.3 Å². The maximum atomic E-state index is 5.62. The molecule has 6 heteroatoms. The van der Waals surface area contributed by atoms with Crippen molar-refractivity contribution in [2.24, 2.45) is 0 Å². The minimum absolute atomic E-state index is 0.397. The molecule has 2 N–H and O–H groups in total. The van der Waals surface area contributed by atoms with E-state index in [1.165, 1.54) is 6.33 Å². The summed E-state index contributed by atoms with van der Waals surface area (Å²) in [5, 5.41) is 0. The molecule has 70 valence electrons. The van der Waals surface area contributed by atoms with Gasteiger partial charge in [-0.1, -0.05) is 0 Å². The summed E-state index contributed by atoms with van der Waals surface area (Å²) in [5.41, 5.74) is 6.27. The molecule has 0 aliphatic heterocycles. The zero-order chi connectivity index (χ0) is 9.97. The maximum Gasteiger partial charge on any atom is 0.180 e. The van der Waals surface area contributed by atoms with E-state index in [1.807, 2.05) is 0 Å². The second-order valence-corrected chi connectivity index (χ2v) is 3.38. The fourth-order valence-corrected chi connectivity index (χ4v) is 1.12. The standard InChI is InChI=1S/C8H6BrN5/c9-5-3-12-8(14-7(5)10)6-1-2-11-4-13-6/h1-4H,(H2,10,12,14). The first-order valence-corrected chi connectivity index (χ1v) is 4.61. The first-order chi connectivity index (χ1) is 6.77. The summed E-state index contributed by atoms with van der Waals surface area (Å²) in [6.07, 6.45) is 4.67. The molecule has 0 saturated heterocycles. The fraction of sp³-hybridized carbons (Fsp3) is 0. The number of aromatic nitrogens is 4. The zero-order valence-corrected chi connectivity index (χ0v) is 8.64. The van der Waals surface area contributed by atoms with Crippen LogP contribution in [0.2, 0.25) is 0 Å². The Bertz CT molecular complexity index is 445. The molecular weight excluding hydrogens is 246 g/mol. The molecule has 14 heavy (non-hydrogen) atoms. The van der Waals surface area contributed by atoms with Gasteiger partial charge in [-0.15, -0.1) is 0 Å². The lowest BCUT2D eigenvalue weighted by atomic mass is 10.4. The second kappa shape index (κ2) is 3.67. The summed E-state index contributed by atoms with van der Waals surface area (Å²) in [6, 6.07) is 1.72. The van der Waals surface area contributed by atoms with E-state index in [2.05, 4.69) is 35.9 Å². The average molecular weight is 252 g/mol. The van der Waals surface area contributed by atoms with Crippen LogP contribution in [0.25, 0.3) is 11.5 Å². The minimum atomic E-state index is 0.397. The Labute approximate surface area is 88.6 Å². The normalized spacial score (nSPS) is 10.1. The summed E-state index contributed by atoms with van der Waals surface area (Å²) >= 11 is 3.22. The summed E-state index contributed by atoms with van der Waals surface area (Å²) < 4.78 is 0.676. The SMILES string of the molecule is Nc1nc(-c2ccncn2)ncc1Br. The number of hydrogen-bond acceptors (Lipinski definition) is 5. The fourth-order valence-electron chi connectivity index (χ4n) is 0.927. The number of nitrogens with two attached hydrogens (primary N) is 1. The largest absolute Gasteiger partial charge is 0.383 e. The predicted molar refractivity (Wildman–Crippen MR) is 55.2 cm³/mol. The van der Waals surface area contributed by atoms with Gasteiger partial charge in [-0.2, -0.15) is 0 Å². The third kappa shape index (κ3) is 1.69.